The first-order valence-electron chi connectivity index (χ1n) is 4.63. The number of aromatic nitrogens is 2. The topological polar surface area (TPSA) is 37.5 Å². The third-order valence-corrected chi connectivity index (χ3v) is 2.86. The molecule has 3 rings (SSSR count). The Balaban J connectivity index is 2.33. The SMILES string of the molecule is Oc1c(C2CC2)nn2c(Cl)cccc12. The van der Waals surface area contributed by atoms with Crippen molar-refractivity contribution in [1.82, 2.24) is 9.61 Å². The van der Waals surface area contributed by atoms with Crippen LogP contribution in [0.25, 0.3) is 5.52 Å². The molecule has 1 aliphatic rings. The second kappa shape index (κ2) is 2.64. The van der Waals surface area contributed by atoms with Crippen molar-refractivity contribution in [1.29, 1.82) is 0 Å². The predicted octanol–water partition coefficient (Wildman–Crippen LogP) is 2.57. The van der Waals surface area contributed by atoms with Crippen molar-refractivity contribution in [3.63, 3.8) is 0 Å². The Hall–Kier alpha value is -1.22. The molecular formula is C10H9ClN2O. The van der Waals surface area contributed by atoms with E-state index in [9.17, 15) is 5.11 Å². The number of pyridine rings is 1. The molecule has 0 amide bonds. The van der Waals surface area contributed by atoms with Crippen molar-refractivity contribution in [3.05, 3.63) is 29.0 Å². The van der Waals surface area contributed by atoms with E-state index in [1.165, 1.54) is 0 Å². The van der Waals surface area contributed by atoms with Crippen molar-refractivity contribution in [2.75, 3.05) is 0 Å². The molecule has 0 radical (unpaired) electrons. The first-order chi connectivity index (χ1) is 6.77. The molecule has 0 saturated heterocycles. The number of hydrogen-bond donors (Lipinski definition) is 1. The molecule has 0 spiro atoms. The largest absolute Gasteiger partial charge is 0.504 e. The zero-order valence-corrected chi connectivity index (χ0v) is 8.20. The summed E-state index contributed by atoms with van der Waals surface area (Å²) in [5.74, 6) is 0.723. The van der Waals surface area contributed by atoms with Crippen molar-refractivity contribution >= 4 is 17.1 Å². The molecule has 2 heterocycles. The lowest BCUT2D eigenvalue weighted by Crippen LogP contribution is -1.88. The minimum absolute atomic E-state index is 0.287. The molecule has 4 heteroatoms. The van der Waals surface area contributed by atoms with Crippen LogP contribution >= 0.6 is 11.6 Å². The zero-order valence-electron chi connectivity index (χ0n) is 7.44. The molecule has 1 N–H and O–H groups in total. The van der Waals surface area contributed by atoms with E-state index in [2.05, 4.69) is 5.10 Å². The molecule has 3 nitrogen and oxygen atoms in total. The Labute approximate surface area is 85.9 Å². The fourth-order valence-corrected chi connectivity index (χ4v) is 1.88. The molecule has 1 fully saturated rings. The van der Waals surface area contributed by atoms with E-state index in [-0.39, 0.29) is 5.75 Å². The fourth-order valence-electron chi connectivity index (χ4n) is 1.67. The number of rotatable bonds is 1. The molecule has 0 aromatic carbocycles. The van der Waals surface area contributed by atoms with Gasteiger partial charge >= 0.3 is 0 Å². The Morgan fingerprint density at radius 2 is 2.21 bits per heavy atom. The number of halogens is 1. The van der Waals surface area contributed by atoms with Gasteiger partial charge < -0.3 is 5.11 Å². The monoisotopic (exact) mass is 208 g/mol. The van der Waals surface area contributed by atoms with Crippen LogP contribution in [-0.2, 0) is 0 Å². The molecule has 0 bridgehead atoms. The highest BCUT2D eigenvalue weighted by atomic mass is 35.5. The highest BCUT2D eigenvalue weighted by Gasteiger charge is 2.30. The van der Waals surface area contributed by atoms with Gasteiger partial charge in [-0.3, -0.25) is 0 Å². The van der Waals surface area contributed by atoms with Gasteiger partial charge in [0.05, 0.1) is 0 Å². The fraction of sp³-hybridized carbons (Fsp3) is 0.300. The Kier molecular flexibility index (Phi) is 1.53. The minimum Gasteiger partial charge on any atom is -0.504 e. The van der Waals surface area contributed by atoms with Gasteiger partial charge in [0.15, 0.2) is 5.75 Å². The van der Waals surface area contributed by atoms with Crippen LogP contribution in [0, 0.1) is 0 Å². The molecule has 0 atom stereocenters. The Bertz CT molecular complexity index is 502. The summed E-state index contributed by atoms with van der Waals surface area (Å²) in [6.07, 6.45) is 2.24. The Morgan fingerprint density at radius 1 is 1.43 bits per heavy atom. The molecule has 1 aliphatic carbocycles. The first-order valence-corrected chi connectivity index (χ1v) is 5.01. The van der Waals surface area contributed by atoms with Crippen LogP contribution in [0.5, 0.6) is 5.75 Å². The van der Waals surface area contributed by atoms with E-state index >= 15 is 0 Å². The standard InChI is InChI=1S/C10H9ClN2O/c11-8-3-1-2-7-10(14)9(6-4-5-6)12-13(7)8/h1-3,6,14H,4-5H2. The van der Waals surface area contributed by atoms with Gasteiger partial charge in [0.2, 0.25) is 0 Å². The zero-order chi connectivity index (χ0) is 9.71. The lowest BCUT2D eigenvalue weighted by atomic mass is 10.2. The van der Waals surface area contributed by atoms with Crippen LogP contribution in [0.15, 0.2) is 18.2 Å². The minimum atomic E-state index is 0.287. The van der Waals surface area contributed by atoms with E-state index in [0.29, 0.717) is 16.6 Å². The van der Waals surface area contributed by atoms with Gasteiger partial charge in [-0.15, -0.1) is 0 Å². The summed E-state index contributed by atoms with van der Waals surface area (Å²) in [7, 11) is 0. The van der Waals surface area contributed by atoms with Gasteiger partial charge in [-0.05, 0) is 25.0 Å². The number of hydrogen-bond acceptors (Lipinski definition) is 2. The lowest BCUT2D eigenvalue weighted by Gasteiger charge is -1.93. The maximum absolute atomic E-state index is 9.88. The molecule has 1 saturated carbocycles. The average Bonchev–Trinajstić information content (AvgIpc) is 2.94. The maximum Gasteiger partial charge on any atom is 0.165 e. The molecular weight excluding hydrogens is 200 g/mol. The van der Waals surface area contributed by atoms with E-state index in [4.69, 9.17) is 11.6 Å². The molecule has 2 aromatic heterocycles. The van der Waals surface area contributed by atoms with Crippen LogP contribution in [0.2, 0.25) is 5.15 Å². The van der Waals surface area contributed by atoms with Crippen LogP contribution in [0.1, 0.15) is 24.5 Å². The second-order valence-electron chi connectivity index (χ2n) is 3.65. The summed E-state index contributed by atoms with van der Waals surface area (Å²) in [5, 5.41) is 14.7. The predicted molar refractivity (Wildman–Crippen MR) is 53.8 cm³/mol. The smallest absolute Gasteiger partial charge is 0.165 e. The number of fused-ring (bicyclic) bond motifs is 1. The van der Waals surface area contributed by atoms with E-state index in [1.807, 2.05) is 12.1 Å². The normalized spacial score (nSPS) is 16.4. The summed E-state index contributed by atoms with van der Waals surface area (Å²) >= 11 is 5.96. The van der Waals surface area contributed by atoms with Gasteiger partial charge in [0.1, 0.15) is 16.4 Å². The number of nitrogens with zero attached hydrogens (tertiary/aromatic N) is 2. The first kappa shape index (κ1) is 8.12. The lowest BCUT2D eigenvalue weighted by molar-refractivity contribution is 0.474. The van der Waals surface area contributed by atoms with Crippen LogP contribution in [0.4, 0.5) is 0 Å². The third kappa shape index (κ3) is 1.02. The Morgan fingerprint density at radius 3 is 2.86 bits per heavy atom. The van der Waals surface area contributed by atoms with Gasteiger partial charge in [-0.1, -0.05) is 17.7 Å². The highest BCUT2D eigenvalue weighted by Crippen LogP contribution is 2.44. The third-order valence-electron chi connectivity index (χ3n) is 2.58. The van der Waals surface area contributed by atoms with Gasteiger partial charge in [0.25, 0.3) is 0 Å². The van der Waals surface area contributed by atoms with Gasteiger partial charge in [-0.25, -0.2) is 4.52 Å². The summed E-state index contributed by atoms with van der Waals surface area (Å²) in [6, 6.07) is 5.40. The maximum atomic E-state index is 9.88. The second-order valence-corrected chi connectivity index (χ2v) is 4.04. The summed E-state index contributed by atoms with van der Waals surface area (Å²) < 4.78 is 1.59. The van der Waals surface area contributed by atoms with Gasteiger partial charge in [-0.2, -0.15) is 5.10 Å². The summed E-state index contributed by atoms with van der Waals surface area (Å²) in [4.78, 5) is 0. The van der Waals surface area contributed by atoms with Gasteiger partial charge in [0, 0.05) is 5.92 Å². The van der Waals surface area contributed by atoms with E-state index < -0.39 is 0 Å². The molecule has 0 unspecified atom stereocenters. The van der Waals surface area contributed by atoms with Crippen LogP contribution < -0.4 is 0 Å². The summed E-state index contributed by atoms with van der Waals surface area (Å²) in [5.41, 5.74) is 1.48. The van der Waals surface area contributed by atoms with Crippen molar-refractivity contribution in [2.24, 2.45) is 0 Å². The van der Waals surface area contributed by atoms with E-state index in [1.54, 1.807) is 10.6 Å². The molecule has 0 aliphatic heterocycles. The quantitative estimate of drug-likeness (QED) is 0.732. The van der Waals surface area contributed by atoms with E-state index in [0.717, 1.165) is 18.5 Å². The van der Waals surface area contributed by atoms with Crippen molar-refractivity contribution in [3.8, 4) is 5.75 Å². The highest BCUT2D eigenvalue weighted by molar-refractivity contribution is 6.29. The summed E-state index contributed by atoms with van der Waals surface area (Å²) in [6.45, 7) is 0. The molecule has 2 aromatic rings. The molecule has 72 valence electrons. The van der Waals surface area contributed by atoms with Crippen LogP contribution in [-0.4, -0.2) is 14.7 Å². The van der Waals surface area contributed by atoms with Crippen molar-refractivity contribution in [2.45, 2.75) is 18.8 Å². The number of aromatic hydroxyl groups is 1. The van der Waals surface area contributed by atoms with Crippen molar-refractivity contribution < 1.29 is 5.11 Å². The average molecular weight is 209 g/mol. The molecule has 14 heavy (non-hydrogen) atoms. The van der Waals surface area contributed by atoms with Crippen LogP contribution in [0.3, 0.4) is 0 Å².